The highest BCUT2D eigenvalue weighted by molar-refractivity contribution is 6.62. The van der Waals surface area contributed by atoms with Crippen LogP contribution in [0.3, 0.4) is 0 Å². The fraction of sp³-hybridized carbons (Fsp3) is 0.241. The molecule has 2 bridgehead atoms. The molecule has 0 aliphatic heterocycles. The van der Waals surface area contributed by atoms with Gasteiger partial charge in [-0.2, -0.15) is 0 Å². The lowest BCUT2D eigenvalue weighted by Crippen LogP contribution is -2.37. The van der Waals surface area contributed by atoms with E-state index in [9.17, 15) is 4.79 Å². The molecule has 2 unspecified atom stereocenters. The predicted molar refractivity (Wildman–Crippen MR) is 231 cm³/mol. The Balaban J connectivity index is 1.16. The number of fused-ring (bicyclic) bond motifs is 2. The van der Waals surface area contributed by atoms with Gasteiger partial charge in [0.1, 0.15) is 0 Å². The fourth-order valence-corrected chi connectivity index (χ4v) is 15.3. The summed E-state index contributed by atoms with van der Waals surface area (Å²) >= 11 is 0. The molecule has 5 aliphatic rings. The Labute approximate surface area is 320 Å². The van der Waals surface area contributed by atoms with Crippen molar-refractivity contribution in [2.24, 2.45) is 0 Å². The molecule has 0 radical (unpaired) electrons. The van der Waals surface area contributed by atoms with E-state index in [2.05, 4.69) is 67.6 Å². The number of hydrogen-bond acceptors (Lipinski definition) is 2. The van der Waals surface area contributed by atoms with E-state index in [1.54, 1.807) is 130 Å². The summed E-state index contributed by atoms with van der Waals surface area (Å²) in [5.74, 6) is 0.217. The van der Waals surface area contributed by atoms with E-state index >= 15 is 0 Å². The van der Waals surface area contributed by atoms with Gasteiger partial charge in [-0.15, -0.1) is 0 Å². The van der Waals surface area contributed by atoms with Crippen LogP contribution in [0.15, 0.2) is 54.6 Å². The van der Waals surface area contributed by atoms with Crippen molar-refractivity contribution in [1.82, 2.24) is 0 Å². The topological polar surface area (TPSA) is 26.3 Å². The second-order valence-corrected chi connectivity index (χ2v) is 18.8. The molecule has 2 atom stereocenters. The van der Waals surface area contributed by atoms with Gasteiger partial charge in [-0.3, -0.25) is 4.79 Å². The van der Waals surface area contributed by atoms with E-state index in [0.717, 1.165) is 51.4 Å². The summed E-state index contributed by atoms with van der Waals surface area (Å²) in [5, 5.41) is 34.4. The SMILES string of the molecule is CCCCOC(=O)CCCC1(c2ccccc2)c2c3c4cc5cc6c7c8c9c%10c(cc%11c%12c%13c(cc(c%14c2c2c(c%13%14)c(c%12%10)c9c9c7c5c3c29)C1CC=4)C%11)CC=8C6. The minimum Gasteiger partial charge on any atom is -0.466 e. The monoisotopic (exact) mass is 714 g/mol. The molecule has 12 aromatic carbocycles. The lowest BCUT2D eigenvalue weighted by molar-refractivity contribution is -0.143. The van der Waals surface area contributed by atoms with E-state index in [0.29, 0.717) is 13.0 Å². The second kappa shape index (κ2) is 8.35. The Bertz CT molecular complexity index is 3980. The molecule has 0 N–H and O–H groups in total. The maximum absolute atomic E-state index is 13.3. The van der Waals surface area contributed by atoms with Crippen LogP contribution in [-0.2, 0) is 34.2 Å². The molecule has 5 aliphatic carbocycles. The van der Waals surface area contributed by atoms with Gasteiger partial charge < -0.3 is 4.74 Å². The van der Waals surface area contributed by atoms with Gasteiger partial charge in [-0.05, 0) is 208 Å². The number of esters is 1. The number of unbranched alkanes of at least 4 members (excludes halogenated alkanes) is 1. The third kappa shape index (κ3) is 2.46. The minimum absolute atomic E-state index is 0.0430. The first-order chi connectivity index (χ1) is 27.7. The summed E-state index contributed by atoms with van der Waals surface area (Å²) in [6, 6.07) is 22.2. The van der Waals surface area contributed by atoms with E-state index < -0.39 is 0 Å². The third-order valence-electron chi connectivity index (χ3n) is 16.8. The van der Waals surface area contributed by atoms with E-state index in [1.807, 2.05) is 0 Å². The quantitative estimate of drug-likeness (QED) is 0.0890. The first-order valence-electron chi connectivity index (χ1n) is 21.4. The smallest absolute Gasteiger partial charge is 0.305 e. The highest BCUT2D eigenvalue weighted by atomic mass is 16.5. The van der Waals surface area contributed by atoms with Gasteiger partial charge >= 0.3 is 5.97 Å². The van der Waals surface area contributed by atoms with Gasteiger partial charge in [0.15, 0.2) is 0 Å². The fourth-order valence-electron chi connectivity index (χ4n) is 15.3. The number of carbonyl (C=O) groups is 1. The third-order valence-corrected chi connectivity index (χ3v) is 16.8. The molecule has 0 saturated heterocycles. The molecule has 262 valence electrons. The van der Waals surface area contributed by atoms with Crippen molar-refractivity contribution in [2.75, 3.05) is 6.61 Å². The molecule has 0 aromatic heterocycles. The van der Waals surface area contributed by atoms with Crippen LogP contribution in [0, 0.1) is 0 Å². The van der Waals surface area contributed by atoms with Crippen LogP contribution in [0.1, 0.15) is 90.3 Å². The summed E-state index contributed by atoms with van der Waals surface area (Å²) < 4.78 is 5.79. The van der Waals surface area contributed by atoms with Crippen LogP contribution in [0.2, 0.25) is 0 Å². The lowest BCUT2D eigenvalue weighted by atomic mass is 9.56. The number of benzene rings is 9. The molecule has 0 saturated carbocycles. The first kappa shape index (κ1) is 27.8. The van der Waals surface area contributed by atoms with Gasteiger partial charge in [0.05, 0.1) is 6.61 Å². The van der Waals surface area contributed by atoms with Crippen LogP contribution in [0.5, 0.6) is 0 Å². The molecule has 0 spiro atoms. The van der Waals surface area contributed by atoms with Gasteiger partial charge in [-0.1, -0.05) is 73.5 Å². The second-order valence-electron chi connectivity index (χ2n) is 18.8. The van der Waals surface area contributed by atoms with Crippen LogP contribution in [0.25, 0.3) is 119 Å². The Kier molecular flexibility index (Phi) is 4.14. The zero-order valence-electron chi connectivity index (χ0n) is 31.2. The number of carbonyl (C=O) groups excluding carboxylic acids is 1. The summed E-state index contributed by atoms with van der Waals surface area (Å²) in [6.45, 7) is 2.68. The number of hydrogen-bond donors (Lipinski definition) is 0. The summed E-state index contributed by atoms with van der Waals surface area (Å²) in [6.07, 6.45) is 11.0. The standard InChI is InChI=1S/C54H34O2/c1-2-3-14-56-32(55)10-7-13-54(29-8-5-4-6-9-29)31-12-11-22-15-23-16-24-17-25-18-27-19-26-20-28-21-30(31)40-45-36(28)35(26)42-37(27)41-33(25)34(24)43-38(23)44-39(22)53(54)52(40)51-49(44)47(43)46(41)48(42)50(45)51/h4-6,8-9,11,15-16,19,21,31H,2-3,7,10,12-14,17-18,20H2,1H3. The van der Waals surface area contributed by atoms with Gasteiger partial charge in [0.2, 0.25) is 0 Å². The Morgan fingerprint density at radius 3 is 2.12 bits per heavy atom. The van der Waals surface area contributed by atoms with Crippen molar-refractivity contribution >= 4 is 125 Å². The van der Waals surface area contributed by atoms with E-state index in [4.69, 9.17) is 4.74 Å². The van der Waals surface area contributed by atoms with Crippen molar-refractivity contribution in [3.8, 4) is 0 Å². The van der Waals surface area contributed by atoms with Crippen molar-refractivity contribution < 1.29 is 9.53 Å². The molecule has 12 aromatic rings. The predicted octanol–water partition coefficient (Wildman–Crippen LogP) is 11.5. The lowest BCUT2D eigenvalue weighted by Gasteiger charge is -2.46. The van der Waals surface area contributed by atoms with Gasteiger partial charge in [0, 0.05) is 17.8 Å². The van der Waals surface area contributed by atoms with Crippen molar-refractivity contribution in [3.63, 3.8) is 0 Å². The number of ether oxygens (including phenoxy) is 1. The van der Waals surface area contributed by atoms with E-state index in [1.165, 1.54) is 32.3 Å². The Morgan fingerprint density at radius 1 is 0.643 bits per heavy atom. The van der Waals surface area contributed by atoms with Gasteiger partial charge in [0.25, 0.3) is 0 Å². The minimum atomic E-state index is -0.288. The molecule has 2 nitrogen and oxygen atoms in total. The molecular weight excluding hydrogens is 681 g/mol. The Morgan fingerprint density at radius 2 is 1.30 bits per heavy atom. The zero-order chi connectivity index (χ0) is 35.8. The maximum Gasteiger partial charge on any atom is 0.305 e. The molecule has 0 heterocycles. The normalized spacial score (nSPS) is 20.4. The van der Waals surface area contributed by atoms with Crippen LogP contribution in [-0.4, -0.2) is 12.6 Å². The van der Waals surface area contributed by atoms with Crippen LogP contribution >= 0.6 is 0 Å². The highest BCUT2D eigenvalue weighted by Gasteiger charge is 2.51. The molecule has 17 rings (SSSR count). The van der Waals surface area contributed by atoms with Crippen LogP contribution in [0.4, 0.5) is 0 Å². The van der Waals surface area contributed by atoms with Gasteiger partial charge in [-0.25, -0.2) is 0 Å². The molecule has 2 heteroatoms. The largest absolute Gasteiger partial charge is 0.466 e. The average Bonchev–Trinajstić information content (AvgIpc) is 4.00. The average molecular weight is 715 g/mol. The van der Waals surface area contributed by atoms with Crippen molar-refractivity contribution in [3.05, 3.63) is 104 Å². The summed E-state index contributed by atoms with van der Waals surface area (Å²) in [7, 11) is 0. The summed E-state index contributed by atoms with van der Waals surface area (Å²) in [5.41, 5.74) is 12.2. The maximum atomic E-state index is 13.3. The first-order valence-corrected chi connectivity index (χ1v) is 21.4. The number of rotatable bonds is 8. The van der Waals surface area contributed by atoms with Crippen molar-refractivity contribution in [2.45, 2.75) is 76.0 Å². The summed E-state index contributed by atoms with van der Waals surface area (Å²) in [4.78, 5) is 13.3. The molecule has 56 heavy (non-hydrogen) atoms. The Hall–Kier alpha value is -5.73. The molecule has 0 fully saturated rings. The van der Waals surface area contributed by atoms with Crippen molar-refractivity contribution in [1.29, 1.82) is 0 Å². The van der Waals surface area contributed by atoms with E-state index in [-0.39, 0.29) is 17.3 Å². The molecule has 0 amide bonds. The molecular formula is C54H34O2. The zero-order valence-corrected chi connectivity index (χ0v) is 31.2. The highest BCUT2D eigenvalue weighted by Crippen LogP contribution is 2.69. The van der Waals surface area contributed by atoms with Crippen LogP contribution < -0.4 is 10.4 Å².